The van der Waals surface area contributed by atoms with Crippen molar-refractivity contribution < 1.29 is 14.3 Å². The summed E-state index contributed by atoms with van der Waals surface area (Å²) in [4.78, 5) is 26.2. The van der Waals surface area contributed by atoms with Crippen LogP contribution in [0.1, 0.15) is 54.9 Å². The van der Waals surface area contributed by atoms with Crippen molar-refractivity contribution in [2.45, 2.75) is 66.5 Å². The van der Waals surface area contributed by atoms with Crippen LogP contribution in [-0.2, 0) is 9.53 Å². The number of rotatable bonds is 2. The van der Waals surface area contributed by atoms with E-state index < -0.39 is 5.60 Å². The molecule has 1 amide bonds. The Balaban J connectivity index is 2.94. The van der Waals surface area contributed by atoms with Crippen molar-refractivity contribution in [3.8, 4) is 0 Å². The number of ether oxygens (including phenoxy) is 1. The molecule has 110 valence electrons. The molecule has 4 nitrogen and oxygen atoms in total. The Bertz CT molecular complexity index is 366. The molecular weight excluding hydrogens is 242 g/mol. The predicted molar refractivity (Wildman–Crippen MR) is 75.0 cm³/mol. The van der Waals surface area contributed by atoms with Gasteiger partial charge in [-0.1, -0.05) is 27.7 Å². The van der Waals surface area contributed by atoms with E-state index in [-0.39, 0.29) is 29.3 Å². The van der Waals surface area contributed by atoms with Crippen LogP contribution in [-0.4, -0.2) is 35.0 Å². The largest absolute Gasteiger partial charge is 0.444 e. The number of carbonyl (C=O) groups excluding carboxylic acids is 2. The average Bonchev–Trinajstić information content (AvgIpc) is 2.50. The Labute approximate surface area is 116 Å². The fraction of sp³-hybridized carbons (Fsp3) is 0.867. The second-order valence-corrected chi connectivity index (χ2v) is 7.37. The molecule has 0 bridgehead atoms. The van der Waals surface area contributed by atoms with Crippen LogP contribution < -0.4 is 0 Å². The third kappa shape index (κ3) is 3.71. The van der Waals surface area contributed by atoms with Crippen molar-refractivity contribution in [2.75, 3.05) is 6.54 Å². The molecule has 0 N–H and O–H groups in total. The van der Waals surface area contributed by atoms with Gasteiger partial charge in [0.2, 0.25) is 0 Å². The van der Waals surface area contributed by atoms with Gasteiger partial charge in [-0.2, -0.15) is 0 Å². The van der Waals surface area contributed by atoms with Gasteiger partial charge in [0.25, 0.3) is 0 Å². The summed E-state index contributed by atoms with van der Waals surface area (Å²) in [6, 6.07) is -0.373. The standard InChI is InChI=1S/C15H27NO3/c1-10(2)11(17)12-15(6,7)8-9-16(12)13(18)19-14(3,4)5/h10,12H,8-9H2,1-7H3. The van der Waals surface area contributed by atoms with Gasteiger partial charge in [-0.15, -0.1) is 0 Å². The molecule has 0 aromatic carbocycles. The molecule has 1 heterocycles. The monoisotopic (exact) mass is 269 g/mol. The quantitative estimate of drug-likeness (QED) is 0.773. The van der Waals surface area contributed by atoms with Crippen molar-refractivity contribution in [2.24, 2.45) is 11.3 Å². The molecule has 4 heteroatoms. The van der Waals surface area contributed by atoms with Gasteiger partial charge >= 0.3 is 6.09 Å². The van der Waals surface area contributed by atoms with E-state index in [0.717, 1.165) is 6.42 Å². The summed E-state index contributed by atoms with van der Waals surface area (Å²) < 4.78 is 5.41. The molecule has 1 unspecified atom stereocenters. The third-order valence-corrected chi connectivity index (χ3v) is 3.52. The van der Waals surface area contributed by atoms with Crippen LogP contribution in [0.4, 0.5) is 4.79 Å². The van der Waals surface area contributed by atoms with E-state index >= 15 is 0 Å². The summed E-state index contributed by atoms with van der Waals surface area (Å²) in [6.07, 6.45) is 0.451. The average molecular weight is 269 g/mol. The van der Waals surface area contributed by atoms with Gasteiger partial charge in [-0.25, -0.2) is 4.79 Å². The summed E-state index contributed by atoms with van der Waals surface area (Å²) >= 11 is 0. The third-order valence-electron chi connectivity index (χ3n) is 3.52. The van der Waals surface area contributed by atoms with Gasteiger partial charge in [-0.3, -0.25) is 9.69 Å². The van der Waals surface area contributed by atoms with Gasteiger partial charge in [0.05, 0.1) is 6.04 Å². The SMILES string of the molecule is CC(C)C(=O)C1N(C(=O)OC(C)(C)C)CCC1(C)C. The minimum atomic E-state index is -0.532. The van der Waals surface area contributed by atoms with Crippen LogP contribution in [0.25, 0.3) is 0 Å². The molecule has 0 aliphatic carbocycles. The minimum Gasteiger partial charge on any atom is -0.444 e. The molecule has 0 saturated carbocycles. The van der Waals surface area contributed by atoms with Crippen molar-refractivity contribution in [1.29, 1.82) is 0 Å². The second kappa shape index (κ2) is 5.14. The van der Waals surface area contributed by atoms with E-state index in [9.17, 15) is 9.59 Å². The van der Waals surface area contributed by atoms with Crippen LogP contribution in [0.2, 0.25) is 0 Å². The van der Waals surface area contributed by atoms with Crippen LogP contribution in [0.15, 0.2) is 0 Å². The Morgan fingerprint density at radius 1 is 1.26 bits per heavy atom. The number of ketones is 1. The highest BCUT2D eigenvalue weighted by molar-refractivity contribution is 5.90. The van der Waals surface area contributed by atoms with Crippen LogP contribution in [0, 0.1) is 11.3 Å². The highest BCUT2D eigenvalue weighted by atomic mass is 16.6. The van der Waals surface area contributed by atoms with Crippen molar-refractivity contribution in [1.82, 2.24) is 4.90 Å². The molecule has 19 heavy (non-hydrogen) atoms. The van der Waals surface area contributed by atoms with Gasteiger partial charge in [0.15, 0.2) is 5.78 Å². The topological polar surface area (TPSA) is 46.6 Å². The molecule has 0 aromatic rings. The zero-order valence-electron chi connectivity index (χ0n) is 13.2. The lowest BCUT2D eigenvalue weighted by Crippen LogP contribution is -2.49. The van der Waals surface area contributed by atoms with E-state index in [1.54, 1.807) is 4.90 Å². The molecule has 1 atom stereocenters. The maximum Gasteiger partial charge on any atom is 0.410 e. The Morgan fingerprint density at radius 2 is 1.79 bits per heavy atom. The van der Waals surface area contributed by atoms with E-state index in [2.05, 4.69) is 0 Å². The number of amides is 1. The Hall–Kier alpha value is -1.06. The van der Waals surface area contributed by atoms with Crippen LogP contribution in [0.5, 0.6) is 0 Å². The molecule has 0 aromatic heterocycles. The number of hydrogen-bond acceptors (Lipinski definition) is 3. The summed E-state index contributed by atoms with van der Waals surface area (Å²) in [5, 5.41) is 0. The van der Waals surface area contributed by atoms with E-state index in [0.29, 0.717) is 6.54 Å². The highest BCUT2D eigenvalue weighted by Crippen LogP contribution is 2.38. The lowest BCUT2D eigenvalue weighted by Gasteiger charge is -2.33. The molecule has 0 radical (unpaired) electrons. The molecule has 0 spiro atoms. The summed E-state index contributed by atoms with van der Waals surface area (Å²) in [7, 11) is 0. The first-order valence-corrected chi connectivity index (χ1v) is 6.99. The van der Waals surface area contributed by atoms with Crippen molar-refractivity contribution in [3.63, 3.8) is 0 Å². The number of likely N-dealkylation sites (tertiary alicyclic amines) is 1. The van der Waals surface area contributed by atoms with Crippen molar-refractivity contribution in [3.05, 3.63) is 0 Å². The number of nitrogens with zero attached hydrogens (tertiary/aromatic N) is 1. The fourth-order valence-corrected chi connectivity index (χ4v) is 2.47. The van der Waals surface area contributed by atoms with E-state index in [1.807, 2.05) is 48.5 Å². The molecule has 1 rings (SSSR count). The lowest BCUT2D eigenvalue weighted by molar-refractivity contribution is -0.128. The first-order valence-electron chi connectivity index (χ1n) is 6.99. The van der Waals surface area contributed by atoms with E-state index in [4.69, 9.17) is 4.74 Å². The molecule has 1 aliphatic rings. The Morgan fingerprint density at radius 3 is 2.21 bits per heavy atom. The van der Waals surface area contributed by atoms with Gasteiger partial charge < -0.3 is 4.74 Å². The van der Waals surface area contributed by atoms with E-state index in [1.165, 1.54) is 0 Å². The molecular formula is C15H27NO3. The van der Waals surface area contributed by atoms with Gasteiger partial charge in [0, 0.05) is 12.5 Å². The molecule has 1 saturated heterocycles. The summed E-state index contributed by atoms with van der Waals surface area (Å²) in [6.45, 7) is 14.0. The van der Waals surface area contributed by atoms with Gasteiger partial charge in [-0.05, 0) is 32.6 Å². The van der Waals surface area contributed by atoms with Crippen LogP contribution >= 0.6 is 0 Å². The maximum atomic E-state index is 12.4. The Kier molecular flexibility index (Phi) is 4.33. The molecule has 1 aliphatic heterocycles. The van der Waals surface area contributed by atoms with Crippen LogP contribution in [0.3, 0.4) is 0 Å². The first kappa shape index (κ1) is 16.0. The van der Waals surface area contributed by atoms with Crippen molar-refractivity contribution >= 4 is 11.9 Å². The first-order chi connectivity index (χ1) is 8.46. The molecule has 1 fully saturated rings. The number of hydrogen-bond donors (Lipinski definition) is 0. The normalized spacial score (nSPS) is 22.7. The second-order valence-electron chi connectivity index (χ2n) is 7.37. The predicted octanol–water partition coefficient (Wildman–Crippen LogP) is 3.25. The summed E-state index contributed by atoms with van der Waals surface area (Å²) in [5.41, 5.74) is -0.715. The zero-order valence-corrected chi connectivity index (χ0v) is 13.2. The highest BCUT2D eigenvalue weighted by Gasteiger charge is 2.48. The number of Topliss-reactive ketones (excluding diaryl/α,β-unsaturated/α-hetero) is 1. The fourth-order valence-electron chi connectivity index (χ4n) is 2.47. The van der Waals surface area contributed by atoms with Gasteiger partial charge in [0.1, 0.15) is 5.60 Å². The minimum absolute atomic E-state index is 0.0766. The summed E-state index contributed by atoms with van der Waals surface area (Å²) in [5.74, 6) is 0.0423. The smallest absolute Gasteiger partial charge is 0.410 e. The zero-order chi connectivity index (χ0) is 15.0. The maximum absolute atomic E-state index is 12.4. The number of carbonyl (C=O) groups is 2. The lowest BCUT2D eigenvalue weighted by atomic mass is 9.80.